The highest BCUT2D eigenvalue weighted by Crippen LogP contribution is 2.25. The van der Waals surface area contributed by atoms with Crippen LogP contribution in [0.4, 0.5) is 10.5 Å². The van der Waals surface area contributed by atoms with Crippen LogP contribution in [-0.2, 0) is 0 Å². The van der Waals surface area contributed by atoms with Gasteiger partial charge in [0, 0.05) is 36.5 Å². The number of nitrogens with one attached hydrogen (secondary N) is 1. The molecule has 3 N–H and O–H groups in total. The second-order valence-corrected chi connectivity index (χ2v) is 4.92. The molecule has 5 nitrogen and oxygen atoms in total. The molecule has 19 heavy (non-hydrogen) atoms. The molecular weight excluding hydrogens is 244 g/mol. The van der Waals surface area contributed by atoms with Crippen molar-refractivity contribution in [3.8, 4) is 11.5 Å². The zero-order chi connectivity index (χ0) is 13.8. The average molecular weight is 264 g/mol. The molecule has 0 aliphatic carbocycles. The summed E-state index contributed by atoms with van der Waals surface area (Å²) in [5.74, 6) is -0.137. The SMILES string of the molecule is CCC1CCCCN1C(=O)Nc1cc(O)cc(O)c1. The number of piperidine rings is 1. The summed E-state index contributed by atoms with van der Waals surface area (Å²) in [4.78, 5) is 14.0. The van der Waals surface area contributed by atoms with Gasteiger partial charge in [-0.25, -0.2) is 4.79 Å². The van der Waals surface area contributed by atoms with Gasteiger partial charge in [-0.15, -0.1) is 0 Å². The van der Waals surface area contributed by atoms with Gasteiger partial charge in [0.25, 0.3) is 0 Å². The normalized spacial score (nSPS) is 19.2. The maximum atomic E-state index is 12.2. The summed E-state index contributed by atoms with van der Waals surface area (Å²) in [7, 11) is 0. The number of amides is 2. The smallest absolute Gasteiger partial charge is 0.322 e. The van der Waals surface area contributed by atoms with Crippen LogP contribution in [0.25, 0.3) is 0 Å². The van der Waals surface area contributed by atoms with Gasteiger partial charge in [0.15, 0.2) is 0 Å². The summed E-state index contributed by atoms with van der Waals surface area (Å²) >= 11 is 0. The first kappa shape index (κ1) is 13.5. The Morgan fingerprint density at radius 2 is 2.00 bits per heavy atom. The van der Waals surface area contributed by atoms with Crippen LogP contribution in [-0.4, -0.2) is 33.7 Å². The molecule has 0 aromatic heterocycles. The van der Waals surface area contributed by atoms with Crippen LogP contribution in [0.1, 0.15) is 32.6 Å². The molecule has 2 amide bonds. The van der Waals surface area contributed by atoms with E-state index in [4.69, 9.17) is 0 Å². The fourth-order valence-corrected chi connectivity index (χ4v) is 2.56. The summed E-state index contributed by atoms with van der Waals surface area (Å²) in [6.07, 6.45) is 4.17. The minimum Gasteiger partial charge on any atom is -0.508 e. The minimum absolute atomic E-state index is 0.0685. The van der Waals surface area contributed by atoms with Crippen LogP contribution in [0.5, 0.6) is 11.5 Å². The van der Waals surface area contributed by atoms with E-state index in [1.807, 2.05) is 4.90 Å². The second kappa shape index (κ2) is 5.82. The number of rotatable bonds is 2. The van der Waals surface area contributed by atoms with Crippen molar-refractivity contribution in [1.82, 2.24) is 4.90 Å². The number of benzene rings is 1. The molecule has 0 spiro atoms. The number of likely N-dealkylation sites (tertiary alicyclic amines) is 1. The summed E-state index contributed by atoms with van der Waals surface area (Å²) in [5.41, 5.74) is 0.405. The fraction of sp³-hybridized carbons (Fsp3) is 0.500. The van der Waals surface area contributed by atoms with Gasteiger partial charge in [0.2, 0.25) is 0 Å². The number of hydrogen-bond donors (Lipinski definition) is 3. The van der Waals surface area contributed by atoms with Crippen LogP contribution in [0.3, 0.4) is 0 Å². The Morgan fingerprint density at radius 3 is 2.63 bits per heavy atom. The van der Waals surface area contributed by atoms with E-state index in [0.29, 0.717) is 5.69 Å². The van der Waals surface area contributed by atoms with Crippen molar-refractivity contribution in [2.24, 2.45) is 0 Å². The van der Waals surface area contributed by atoms with Gasteiger partial charge >= 0.3 is 6.03 Å². The summed E-state index contributed by atoms with van der Waals surface area (Å²) in [6, 6.07) is 4.17. The van der Waals surface area contributed by atoms with Gasteiger partial charge in [-0.1, -0.05) is 6.92 Å². The lowest BCUT2D eigenvalue weighted by atomic mass is 10.0. The Balaban J connectivity index is 2.07. The molecule has 1 heterocycles. The number of phenols is 2. The van der Waals surface area contributed by atoms with Crippen molar-refractivity contribution in [1.29, 1.82) is 0 Å². The largest absolute Gasteiger partial charge is 0.508 e. The van der Waals surface area contributed by atoms with E-state index in [-0.39, 0.29) is 23.6 Å². The van der Waals surface area contributed by atoms with Gasteiger partial charge in [-0.2, -0.15) is 0 Å². The van der Waals surface area contributed by atoms with Gasteiger partial charge in [0.05, 0.1) is 0 Å². The molecule has 1 aliphatic rings. The molecule has 1 atom stereocenters. The summed E-state index contributed by atoms with van der Waals surface area (Å²) in [6.45, 7) is 2.84. The molecule has 0 saturated carbocycles. The van der Waals surface area contributed by atoms with Crippen molar-refractivity contribution >= 4 is 11.7 Å². The molecule has 1 saturated heterocycles. The standard InChI is InChI=1S/C14H20N2O3/c1-2-11-5-3-4-6-16(11)14(19)15-10-7-12(17)9-13(18)8-10/h7-9,11,17-18H,2-6H2,1H3,(H,15,19). The molecular formula is C14H20N2O3. The topological polar surface area (TPSA) is 72.8 Å². The molecule has 0 radical (unpaired) electrons. The van der Waals surface area contributed by atoms with E-state index in [1.54, 1.807) is 0 Å². The Bertz CT molecular complexity index is 442. The molecule has 0 bridgehead atoms. The third kappa shape index (κ3) is 3.30. The lowest BCUT2D eigenvalue weighted by molar-refractivity contribution is 0.160. The van der Waals surface area contributed by atoms with Crippen molar-refractivity contribution in [2.75, 3.05) is 11.9 Å². The van der Waals surface area contributed by atoms with Crippen LogP contribution in [0.15, 0.2) is 18.2 Å². The summed E-state index contributed by atoms with van der Waals surface area (Å²) < 4.78 is 0. The zero-order valence-electron chi connectivity index (χ0n) is 11.1. The highest BCUT2D eigenvalue weighted by Gasteiger charge is 2.25. The van der Waals surface area contributed by atoms with E-state index < -0.39 is 0 Å². The Morgan fingerprint density at radius 1 is 1.32 bits per heavy atom. The zero-order valence-corrected chi connectivity index (χ0v) is 11.1. The van der Waals surface area contributed by atoms with E-state index >= 15 is 0 Å². The van der Waals surface area contributed by atoms with E-state index in [9.17, 15) is 15.0 Å². The number of aromatic hydroxyl groups is 2. The number of phenolic OH excluding ortho intramolecular Hbond substituents is 2. The number of carbonyl (C=O) groups excluding carboxylic acids is 1. The molecule has 1 unspecified atom stereocenters. The highest BCUT2D eigenvalue weighted by molar-refractivity contribution is 5.90. The molecule has 2 rings (SSSR count). The van der Waals surface area contributed by atoms with Gasteiger partial charge < -0.3 is 20.4 Å². The summed E-state index contributed by atoms with van der Waals surface area (Å²) in [5, 5.41) is 21.5. The molecule has 1 aliphatic heterocycles. The predicted octanol–water partition coefficient (Wildman–Crippen LogP) is 2.89. The quantitative estimate of drug-likeness (QED) is 0.769. The molecule has 104 valence electrons. The molecule has 1 aromatic rings. The van der Waals surface area contributed by atoms with Crippen molar-refractivity contribution in [3.63, 3.8) is 0 Å². The maximum Gasteiger partial charge on any atom is 0.322 e. The number of urea groups is 1. The number of anilines is 1. The maximum absolute atomic E-state index is 12.2. The number of nitrogens with zero attached hydrogens (tertiary/aromatic N) is 1. The molecule has 1 aromatic carbocycles. The van der Waals surface area contributed by atoms with Crippen LogP contribution >= 0.6 is 0 Å². The number of carbonyl (C=O) groups is 1. The first-order valence-electron chi connectivity index (χ1n) is 6.71. The van der Waals surface area contributed by atoms with E-state index in [1.165, 1.54) is 18.2 Å². The lowest BCUT2D eigenvalue weighted by Gasteiger charge is -2.35. The predicted molar refractivity (Wildman–Crippen MR) is 73.4 cm³/mol. The lowest BCUT2D eigenvalue weighted by Crippen LogP contribution is -2.45. The number of hydrogen-bond acceptors (Lipinski definition) is 3. The second-order valence-electron chi connectivity index (χ2n) is 4.92. The van der Waals surface area contributed by atoms with Crippen molar-refractivity contribution in [2.45, 2.75) is 38.6 Å². The fourth-order valence-electron chi connectivity index (χ4n) is 2.56. The highest BCUT2D eigenvalue weighted by atomic mass is 16.3. The van der Waals surface area contributed by atoms with Gasteiger partial charge in [-0.05, 0) is 25.7 Å². The Kier molecular flexibility index (Phi) is 4.14. The van der Waals surface area contributed by atoms with Crippen molar-refractivity contribution in [3.05, 3.63) is 18.2 Å². The average Bonchev–Trinajstić information content (AvgIpc) is 2.37. The van der Waals surface area contributed by atoms with E-state index in [0.717, 1.165) is 32.2 Å². The first-order valence-corrected chi connectivity index (χ1v) is 6.71. The third-order valence-electron chi connectivity index (χ3n) is 3.51. The third-order valence-corrected chi connectivity index (χ3v) is 3.51. The minimum atomic E-state index is -0.170. The van der Waals surface area contributed by atoms with Crippen LogP contribution in [0, 0.1) is 0 Å². The first-order chi connectivity index (χ1) is 9.10. The Hall–Kier alpha value is -1.91. The Labute approximate surface area is 112 Å². The molecule has 5 heteroatoms. The molecule has 1 fully saturated rings. The van der Waals surface area contributed by atoms with Crippen LogP contribution < -0.4 is 5.32 Å². The van der Waals surface area contributed by atoms with Crippen molar-refractivity contribution < 1.29 is 15.0 Å². The monoisotopic (exact) mass is 264 g/mol. The van der Waals surface area contributed by atoms with Gasteiger partial charge in [-0.3, -0.25) is 0 Å². The van der Waals surface area contributed by atoms with Gasteiger partial charge in [0.1, 0.15) is 11.5 Å². The van der Waals surface area contributed by atoms with Crippen LogP contribution in [0.2, 0.25) is 0 Å². The van der Waals surface area contributed by atoms with E-state index in [2.05, 4.69) is 12.2 Å².